The van der Waals surface area contributed by atoms with E-state index in [9.17, 15) is 9.59 Å². The zero-order valence-corrected chi connectivity index (χ0v) is 14.2. The van der Waals surface area contributed by atoms with E-state index in [1.54, 1.807) is 24.3 Å². The van der Waals surface area contributed by atoms with Crippen molar-refractivity contribution in [2.45, 2.75) is 32.7 Å². The molecule has 5 nitrogen and oxygen atoms in total. The van der Waals surface area contributed by atoms with Gasteiger partial charge in [0.2, 0.25) is 0 Å². The fraction of sp³-hybridized carbons (Fsp3) is 0.300. The van der Waals surface area contributed by atoms with Gasteiger partial charge in [0, 0.05) is 0 Å². The van der Waals surface area contributed by atoms with E-state index in [2.05, 4.69) is 6.92 Å². The Balaban J connectivity index is 1.80. The summed E-state index contributed by atoms with van der Waals surface area (Å²) in [5, 5.41) is 0.401. The van der Waals surface area contributed by atoms with Crippen molar-refractivity contribution in [2.24, 2.45) is 0 Å². The van der Waals surface area contributed by atoms with Gasteiger partial charge in [-0.25, -0.2) is 9.59 Å². The molecular formula is C20H21NO4. The quantitative estimate of drug-likeness (QED) is 0.617. The molecule has 25 heavy (non-hydrogen) atoms. The minimum Gasteiger partial charge on any atom is -0.494 e. The van der Waals surface area contributed by atoms with Crippen LogP contribution in [0.3, 0.4) is 0 Å². The Bertz CT molecular complexity index is 954. The lowest BCUT2D eigenvalue weighted by molar-refractivity contribution is 0.306. The van der Waals surface area contributed by atoms with Crippen LogP contribution in [0.25, 0.3) is 10.9 Å². The molecule has 1 heterocycles. The van der Waals surface area contributed by atoms with E-state index in [4.69, 9.17) is 9.15 Å². The first-order chi connectivity index (χ1) is 12.2. The summed E-state index contributed by atoms with van der Waals surface area (Å²) in [6, 6.07) is 14.6. The first kappa shape index (κ1) is 17.0. The van der Waals surface area contributed by atoms with Crippen molar-refractivity contribution in [3.63, 3.8) is 0 Å². The second kappa shape index (κ2) is 7.83. The van der Waals surface area contributed by atoms with Gasteiger partial charge in [-0.2, -0.15) is 0 Å². The van der Waals surface area contributed by atoms with Crippen LogP contribution in [0.5, 0.6) is 5.75 Å². The molecule has 0 saturated heterocycles. The predicted molar refractivity (Wildman–Crippen MR) is 97.3 cm³/mol. The molecule has 0 aliphatic heterocycles. The second-order valence-corrected chi connectivity index (χ2v) is 5.96. The number of ether oxygens (including phenoxy) is 1. The van der Waals surface area contributed by atoms with Gasteiger partial charge >= 0.3 is 11.4 Å². The Kier molecular flexibility index (Phi) is 5.33. The van der Waals surface area contributed by atoms with Crippen LogP contribution in [0.4, 0.5) is 0 Å². The zero-order valence-electron chi connectivity index (χ0n) is 14.2. The molecule has 5 heteroatoms. The number of hydrogen-bond donors (Lipinski definition) is 0. The molecule has 3 aromatic rings. The highest BCUT2D eigenvalue weighted by atomic mass is 16.5. The smallest absolute Gasteiger partial charge is 0.422 e. The van der Waals surface area contributed by atoms with Crippen LogP contribution >= 0.6 is 0 Å². The van der Waals surface area contributed by atoms with Gasteiger partial charge in [0.25, 0.3) is 0 Å². The first-order valence-corrected chi connectivity index (χ1v) is 8.53. The number of aromatic nitrogens is 1. The molecule has 0 aliphatic carbocycles. The molecule has 0 unspecified atom stereocenters. The highest BCUT2D eigenvalue weighted by Crippen LogP contribution is 2.15. The highest BCUT2D eigenvalue weighted by Gasteiger charge is 2.09. The molecule has 0 fully saturated rings. The van der Waals surface area contributed by atoms with E-state index in [1.165, 1.54) is 4.57 Å². The van der Waals surface area contributed by atoms with E-state index < -0.39 is 11.4 Å². The molecule has 130 valence electrons. The lowest BCUT2D eigenvalue weighted by Crippen LogP contribution is -2.25. The van der Waals surface area contributed by atoms with Gasteiger partial charge in [-0.15, -0.1) is 0 Å². The molecule has 0 spiro atoms. The van der Waals surface area contributed by atoms with Crippen molar-refractivity contribution in [3.05, 3.63) is 75.1 Å². The Labute approximate surface area is 145 Å². The van der Waals surface area contributed by atoms with Gasteiger partial charge in [0.1, 0.15) is 5.75 Å². The number of rotatable bonds is 7. The fourth-order valence-electron chi connectivity index (χ4n) is 2.73. The monoisotopic (exact) mass is 339 g/mol. The Morgan fingerprint density at radius 2 is 1.76 bits per heavy atom. The van der Waals surface area contributed by atoms with Crippen LogP contribution in [0.2, 0.25) is 0 Å². The van der Waals surface area contributed by atoms with Crippen LogP contribution in [0.15, 0.2) is 62.5 Å². The lowest BCUT2D eigenvalue weighted by Gasteiger charge is -2.10. The van der Waals surface area contributed by atoms with Crippen molar-refractivity contribution < 1.29 is 9.15 Å². The summed E-state index contributed by atoms with van der Waals surface area (Å²) in [4.78, 5) is 23.9. The molecule has 0 bridgehead atoms. The average molecular weight is 339 g/mol. The normalized spacial score (nSPS) is 10.9. The summed E-state index contributed by atoms with van der Waals surface area (Å²) in [6.45, 7) is 3.20. The van der Waals surface area contributed by atoms with Gasteiger partial charge in [-0.1, -0.05) is 44.0 Å². The van der Waals surface area contributed by atoms with E-state index in [0.29, 0.717) is 24.1 Å². The maximum absolute atomic E-state index is 12.1. The third kappa shape index (κ3) is 3.99. The minimum atomic E-state index is -0.649. The molecule has 2 aromatic carbocycles. The average Bonchev–Trinajstić information content (AvgIpc) is 2.63. The zero-order chi connectivity index (χ0) is 17.6. The Morgan fingerprint density at radius 1 is 1.00 bits per heavy atom. The van der Waals surface area contributed by atoms with E-state index in [0.717, 1.165) is 30.6 Å². The van der Waals surface area contributed by atoms with Crippen LogP contribution in [0.1, 0.15) is 31.7 Å². The molecule has 0 N–H and O–H groups in total. The summed E-state index contributed by atoms with van der Waals surface area (Å²) < 4.78 is 12.0. The van der Waals surface area contributed by atoms with E-state index in [1.807, 2.05) is 24.3 Å². The van der Waals surface area contributed by atoms with Crippen molar-refractivity contribution in [1.29, 1.82) is 0 Å². The molecule has 0 amide bonds. The standard InChI is InChI=1S/C20H21NO4/c1-2-3-6-13-24-16-11-9-15(10-12-16)14-21-18-8-5-4-7-17(18)19(22)25-20(21)23/h4-5,7-12H,2-3,6,13-14H2,1H3. The Hall–Kier alpha value is -2.82. The van der Waals surface area contributed by atoms with Crippen molar-refractivity contribution in [1.82, 2.24) is 4.57 Å². The molecule has 0 saturated carbocycles. The maximum atomic E-state index is 12.1. The summed E-state index contributed by atoms with van der Waals surface area (Å²) in [5.74, 6) is 0.167. The van der Waals surface area contributed by atoms with Crippen LogP contribution < -0.4 is 16.1 Å². The maximum Gasteiger partial charge on any atom is 0.422 e. The van der Waals surface area contributed by atoms with Crippen molar-refractivity contribution in [3.8, 4) is 5.75 Å². The SMILES string of the molecule is CCCCCOc1ccc(Cn2c(=O)oc(=O)c3ccccc32)cc1. The fourth-order valence-corrected chi connectivity index (χ4v) is 2.73. The predicted octanol–water partition coefficient (Wildman–Crippen LogP) is 3.57. The second-order valence-electron chi connectivity index (χ2n) is 5.96. The number of unbranched alkanes of at least 4 members (excludes halogenated alkanes) is 2. The van der Waals surface area contributed by atoms with Crippen LogP contribution in [0, 0.1) is 0 Å². The highest BCUT2D eigenvalue weighted by molar-refractivity contribution is 5.77. The van der Waals surface area contributed by atoms with Gasteiger partial charge in [-0.05, 0) is 36.2 Å². The van der Waals surface area contributed by atoms with Gasteiger partial charge in [-0.3, -0.25) is 4.57 Å². The van der Waals surface area contributed by atoms with Crippen molar-refractivity contribution in [2.75, 3.05) is 6.61 Å². The van der Waals surface area contributed by atoms with Gasteiger partial charge in [0.05, 0.1) is 24.1 Å². The third-order valence-electron chi connectivity index (χ3n) is 4.10. The lowest BCUT2D eigenvalue weighted by atomic mass is 10.2. The summed E-state index contributed by atoms with van der Waals surface area (Å²) in [7, 11) is 0. The number of hydrogen-bond acceptors (Lipinski definition) is 4. The van der Waals surface area contributed by atoms with Crippen molar-refractivity contribution >= 4 is 10.9 Å². The molecule has 0 aliphatic rings. The molecular weight excluding hydrogens is 318 g/mol. The van der Waals surface area contributed by atoms with Crippen LogP contribution in [-0.2, 0) is 6.54 Å². The first-order valence-electron chi connectivity index (χ1n) is 8.53. The van der Waals surface area contributed by atoms with Gasteiger partial charge in [0.15, 0.2) is 0 Å². The third-order valence-corrected chi connectivity index (χ3v) is 4.10. The largest absolute Gasteiger partial charge is 0.494 e. The number of nitrogens with zero attached hydrogens (tertiary/aromatic N) is 1. The summed E-state index contributed by atoms with van der Waals surface area (Å²) in [6.07, 6.45) is 3.37. The number of para-hydroxylation sites is 1. The molecule has 0 atom stereocenters. The molecule has 0 radical (unpaired) electrons. The van der Waals surface area contributed by atoms with Gasteiger partial charge < -0.3 is 9.15 Å². The summed E-state index contributed by atoms with van der Waals surface area (Å²) >= 11 is 0. The molecule has 3 rings (SSSR count). The van der Waals surface area contributed by atoms with Crippen LogP contribution in [-0.4, -0.2) is 11.2 Å². The summed E-state index contributed by atoms with van der Waals surface area (Å²) in [5.41, 5.74) is 0.901. The minimum absolute atomic E-state index is 0.333. The van der Waals surface area contributed by atoms with E-state index >= 15 is 0 Å². The molecule has 1 aromatic heterocycles. The topological polar surface area (TPSA) is 61.4 Å². The Morgan fingerprint density at radius 3 is 2.52 bits per heavy atom. The number of fused-ring (bicyclic) bond motifs is 1. The number of benzene rings is 2. The van der Waals surface area contributed by atoms with E-state index in [-0.39, 0.29) is 0 Å².